The van der Waals surface area contributed by atoms with E-state index < -0.39 is 0 Å². The number of aromatic amines is 2. The molecular formula is C30H36N6O2S. The van der Waals surface area contributed by atoms with E-state index >= 15 is 0 Å². The molecule has 1 aromatic carbocycles. The van der Waals surface area contributed by atoms with Gasteiger partial charge in [0.05, 0.1) is 16.7 Å². The molecule has 39 heavy (non-hydrogen) atoms. The lowest BCUT2D eigenvalue weighted by Gasteiger charge is -2.24. The Kier molecular flexibility index (Phi) is 7.03. The number of rotatable bonds is 9. The molecule has 204 valence electrons. The number of benzene rings is 1. The van der Waals surface area contributed by atoms with Crippen molar-refractivity contribution in [3.05, 3.63) is 67.8 Å². The predicted octanol–water partition coefficient (Wildman–Crippen LogP) is 5.02. The Balaban J connectivity index is 1.22. The smallest absolute Gasteiger partial charge is 0.261 e. The Bertz CT molecular complexity index is 1560. The number of anilines is 1. The van der Waals surface area contributed by atoms with E-state index in [1.807, 2.05) is 23.1 Å². The molecule has 3 aromatic heterocycles. The monoisotopic (exact) mass is 544 g/mol. The lowest BCUT2D eigenvalue weighted by atomic mass is 10.1. The molecule has 3 N–H and O–H groups in total. The van der Waals surface area contributed by atoms with Crippen molar-refractivity contribution >= 4 is 34.0 Å². The van der Waals surface area contributed by atoms with Gasteiger partial charge in [-0.2, -0.15) is 0 Å². The summed E-state index contributed by atoms with van der Waals surface area (Å²) in [4.78, 5) is 43.0. The maximum Gasteiger partial charge on any atom is 0.261 e. The molecule has 5 heterocycles. The Morgan fingerprint density at radius 3 is 2.72 bits per heavy atom. The van der Waals surface area contributed by atoms with Crippen molar-refractivity contribution < 1.29 is 4.79 Å². The van der Waals surface area contributed by atoms with Crippen molar-refractivity contribution in [2.75, 3.05) is 31.5 Å². The molecule has 1 unspecified atom stereocenters. The molecule has 0 bridgehead atoms. The minimum atomic E-state index is -0.208. The molecule has 4 aromatic rings. The highest BCUT2D eigenvalue weighted by molar-refractivity contribution is 7.10. The molecular weight excluding hydrogens is 508 g/mol. The Morgan fingerprint density at radius 2 is 1.95 bits per heavy atom. The number of nitrogens with one attached hydrogen (secondary N) is 3. The van der Waals surface area contributed by atoms with Gasteiger partial charge in [0.15, 0.2) is 0 Å². The van der Waals surface area contributed by atoms with Gasteiger partial charge in [0.2, 0.25) is 0 Å². The van der Waals surface area contributed by atoms with Crippen molar-refractivity contribution in [2.45, 2.75) is 52.6 Å². The molecule has 1 amide bonds. The minimum absolute atomic E-state index is 0.0777. The van der Waals surface area contributed by atoms with Gasteiger partial charge < -0.3 is 25.1 Å². The maximum absolute atomic E-state index is 13.3. The van der Waals surface area contributed by atoms with Crippen LogP contribution in [0.15, 0.2) is 40.6 Å². The Hall–Kier alpha value is -3.43. The average Bonchev–Trinajstić information content (AvgIpc) is 3.68. The van der Waals surface area contributed by atoms with Crippen LogP contribution in [-0.4, -0.2) is 62.9 Å². The second-order valence-electron chi connectivity index (χ2n) is 11.3. The van der Waals surface area contributed by atoms with Gasteiger partial charge in [-0.25, -0.2) is 4.98 Å². The first kappa shape index (κ1) is 25.8. The van der Waals surface area contributed by atoms with Crippen molar-refractivity contribution in [2.24, 2.45) is 5.92 Å². The number of aromatic nitrogens is 3. The molecule has 8 nitrogen and oxygen atoms in total. The summed E-state index contributed by atoms with van der Waals surface area (Å²) >= 11 is 1.76. The van der Waals surface area contributed by atoms with Crippen LogP contribution in [0.2, 0.25) is 0 Å². The maximum atomic E-state index is 13.3. The number of amides is 1. The van der Waals surface area contributed by atoms with Gasteiger partial charge in [0.25, 0.3) is 11.5 Å². The fraction of sp³-hybridized carbons (Fsp3) is 0.433. The summed E-state index contributed by atoms with van der Waals surface area (Å²) in [5.41, 5.74) is 5.55. The molecule has 2 atom stereocenters. The third kappa shape index (κ3) is 5.25. The fourth-order valence-electron chi connectivity index (χ4n) is 6.03. The summed E-state index contributed by atoms with van der Waals surface area (Å²) in [6.07, 6.45) is 5.09. The van der Waals surface area contributed by atoms with Gasteiger partial charge >= 0.3 is 0 Å². The topological polar surface area (TPSA) is 97.1 Å². The summed E-state index contributed by atoms with van der Waals surface area (Å²) in [5.74, 6) is 1.01. The second kappa shape index (κ2) is 10.6. The number of imidazole rings is 1. The second-order valence-corrected chi connectivity index (χ2v) is 12.3. The highest BCUT2D eigenvalue weighted by Gasteiger charge is 2.30. The van der Waals surface area contributed by atoms with Crippen molar-refractivity contribution in [1.29, 1.82) is 0 Å². The van der Waals surface area contributed by atoms with E-state index in [0.29, 0.717) is 23.9 Å². The Labute approximate surface area is 232 Å². The van der Waals surface area contributed by atoms with Gasteiger partial charge in [0, 0.05) is 48.7 Å². The van der Waals surface area contributed by atoms with Crippen LogP contribution in [-0.2, 0) is 13.0 Å². The number of hydrogen-bond acceptors (Lipinski definition) is 6. The van der Waals surface area contributed by atoms with Crippen molar-refractivity contribution in [3.8, 4) is 11.4 Å². The van der Waals surface area contributed by atoms with E-state index in [-0.39, 0.29) is 17.5 Å². The van der Waals surface area contributed by atoms with E-state index in [4.69, 9.17) is 4.98 Å². The number of aryl methyl sites for hydroxylation is 1. The average molecular weight is 545 g/mol. The molecule has 9 heteroatoms. The zero-order chi connectivity index (χ0) is 27.1. The Morgan fingerprint density at radius 1 is 1.13 bits per heavy atom. The van der Waals surface area contributed by atoms with Crippen LogP contribution >= 0.6 is 11.3 Å². The van der Waals surface area contributed by atoms with Crippen LogP contribution in [0.25, 0.3) is 22.4 Å². The van der Waals surface area contributed by atoms with Crippen LogP contribution in [0.1, 0.15) is 53.1 Å². The quantitative estimate of drug-likeness (QED) is 0.275. The zero-order valence-corrected chi connectivity index (χ0v) is 23.7. The van der Waals surface area contributed by atoms with Gasteiger partial charge in [-0.05, 0) is 86.5 Å². The third-order valence-electron chi connectivity index (χ3n) is 7.95. The number of fused-ring (bicyclic) bond motifs is 2. The number of hydrogen-bond donors (Lipinski definition) is 3. The molecule has 2 aliphatic rings. The molecule has 0 spiro atoms. The molecule has 2 aliphatic heterocycles. The normalized spacial score (nSPS) is 17.2. The molecule has 1 fully saturated rings. The number of carbonyl (C=O) groups excluding carboxylic acids is 1. The highest BCUT2D eigenvalue weighted by Crippen LogP contribution is 2.31. The number of thiophene rings is 1. The predicted molar refractivity (Wildman–Crippen MR) is 158 cm³/mol. The molecule has 0 saturated carbocycles. The van der Waals surface area contributed by atoms with Crippen LogP contribution < -0.4 is 10.9 Å². The number of nitrogens with zero attached hydrogens (tertiary/aromatic N) is 3. The summed E-state index contributed by atoms with van der Waals surface area (Å²) in [5, 5.41) is 5.64. The van der Waals surface area contributed by atoms with E-state index in [1.54, 1.807) is 17.5 Å². The van der Waals surface area contributed by atoms with E-state index in [1.165, 1.54) is 36.4 Å². The van der Waals surface area contributed by atoms with Crippen LogP contribution in [0.4, 0.5) is 5.69 Å². The molecule has 0 radical (unpaired) electrons. The van der Waals surface area contributed by atoms with Gasteiger partial charge in [-0.1, -0.05) is 6.92 Å². The third-order valence-corrected chi connectivity index (χ3v) is 8.99. The zero-order valence-electron chi connectivity index (χ0n) is 22.8. The minimum Gasteiger partial charge on any atom is -0.381 e. The van der Waals surface area contributed by atoms with E-state index in [0.717, 1.165) is 47.4 Å². The number of likely N-dealkylation sites (tertiary alicyclic amines) is 1. The van der Waals surface area contributed by atoms with Gasteiger partial charge in [-0.15, -0.1) is 11.3 Å². The van der Waals surface area contributed by atoms with Gasteiger partial charge in [-0.3, -0.25) is 9.59 Å². The van der Waals surface area contributed by atoms with Gasteiger partial charge in [0.1, 0.15) is 11.4 Å². The van der Waals surface area contributed by atoms with Crippen LogP contribution in [0, 0.1) is 12.8 Å². The fourth-order valence-corrected chi connectivity index (χ4v) is 7.06. The first-order chi connectivity index (χ1) is 18.9. The van der Waals surface area contributed by atoms with Crippen molar-refractivity contribution in [1.82, 2.24) is 24.8 Å². The lowest BCUT2D eigenvalue weighted by Crippen LogP contribution is -2.34. The first-order valence-electron chi connectivity index (χ1n) is 13.9. The summed E-state index contributed by atoms with van der Waals surface area (Å²) in [6, 6.07) is 8.05. The molecule has 1 saturated heterocycles. The summed E-state index contributed by atoms with van der Waals surface area (Å²) in [7, 11) is 0. The van der Waals surface area contributed by atoms with Crippen LogP contribution in [0.5, 0.6) is 0 Å². The van der Waals surface area contributed by atoms with E-state index in [9.17, 15) is 9.59 Å². The molecule has 6 rings (SSSR count). The lowest BCUT2D eigenvalue weighted by molar-refractivity contribution is 0.0745. The van der Waals surface area contributed by atoms with Crippen LogP contribution in [0.3, 0.4) is 0 Å². The number of H-pyrrole nitrogens is 2. The SMILES string of the molecule is Cc1ccsc1C[C@H](C)Nc1cc[nH]c(=O)c1-c1nc2cc3c(cc2[nH]1)C(=O)N(CC(C)CN1CCCC1)C3. The molecule has 0 aliphatic carbocycles. The standard InChI is InChI=1S/C30H36N6O2S/c1-18(15-35-9-4-5-10-35)16-36-17-21-13-24-25(14-22(21)30(36)38)34-28(33-24)27-23(6-8-31-29(27)37)32-20(3)12-26-19(2)7-11-39-26/h6-8,11,13-14,18,20H,4-5,9-10,12,15-17H2,1-3H3,(H,33,34)(H2,31,32,37)/t18?,20-/m0/s1. The highest BCUT2D eigenvalue weighted by atomic mass is 32.1. The number of carbonyl (C=O) groups is 1. The summed E-state index contributed by atoms with van der Waals surface area (Å²) < 4.78 is 0. The van der Waals surface area contributed by atoms with E-state index in [2.05, 4.69) is 52.4 Å². The first-order valence-corrected chi connectivity index (χ1v) is 14.8. The largest absolute Gasteiger partial charge is 0.381 e. The number of pyridine rings is 1. The van der Waals surface area contributed by atoms with Crippen molar-refractivity contribution in [3.63, 3.8) is 0 Å². The summed E-state index contributed by atoms with van der Waals surface area (Å²) in [6.45, 7) is 11.2.